The molecule has 2 aromatic rings. The summed E-state index contributed by atoms with van der Waals surface area (Å²) in [6.45, 7) is 4.41. The molecule has 0 saturated heterocycles. The predicted octanol–water partition coefficient (Wildman–Crippen LogP) is 4.22. The molecule has 0 heterocycles. The van der Waals surface area contributed by atoms with Gasteiger partial charge in [0, 0.05) is 12.3 Å². The summed E-state index contributed by atoms with van der Waals surface area (Å²) in [5.41, 5.74) is 3.62. The third-order valence-corrected chi connectivity index (χ3v) is 5.45. The number of hydrogen-bond donors (Lipinski definition) is 1. The quantitative estimate of drug-likeness (QED) is 0.918. The van der Waals surface area contributed by atoms with E-state index in [2.05, 4.69) is 50.2 Å². The van der Waals surface area contributed by atoms with Crippen molar-refractivity contribution in [2.24, 2.45) is 11.8 Å². The van der Waals surface area contributed by atoms with Crippen LogP contribution < -0.4 is 0 Å². The molecule has 0 unspecified atom stereocenters. The minimum atomic E-state index is -0.164. The molecule has 2 aromatic carbocycles. The number of carbonyl (C=O) groups is 1. The molecule has 0 spiro atoms. The molecular formula is C21H24O2. The van der Waals surface area contributed by atoms with Crippen molar-refractivity contribution in [1.29, 1.82) is 0 Å². The summed E-state index contributed by atoms with van der Waals surface area (Å²) in [6, 6.07) is 19.0. The lowest BCUT2D eigenvalue weighted by Crippen LogP contribution is -2.27. The number of aliphatic hydroxyl groups excluding tert-OH is 1. The Morgan fingerprint density at radius 2 is 1.61 bits per heavy atom. The van der Waals surface area contributed by atoms with Gasteiger partial charge < -0.3 is 5.11 Å². The fourth-order valence-electron chi connectivity index (χ4n) is 3.65. The van der Waals surface area contributed by atoms with E-state index in [9.17, 15) is 9.90 Å². The molecule has 23 heavy (non-hydrogen) atoms. The molecule has 0 aromatic heterocycles. The average Bonchev–Trinajstić information content (AvgIpc) is 2.97. The first-order chi connectivity index (χ1) is 11.0. The first kappa shape index (κ1) is 15.9. The van der Waals surface area contributed by atoms with Crippen LogP contribution in [-0.2, 0) is 10.2 Å². The predicted molar refractivity (Wildman–Crippen MR) is 93.2 cm³/mol. The van der Waals surface area contributed by atoms with Crippen LogP contribution in [0.1, 0.15) is 32.3 Å². The van der Waals surface area contributed by atoms with Crippen LogP contribution in [0.15, 0.2) is 54.6 Å². The van der Waals surface area contributed by atoms with Gasteiger partial charge in [0.05, 0.1) is 6.61 Å². The third-order valence-electron chi connectivity index (χ3n) is 5.45. The highest BCUT2D eigenvalue weighted by molar-refractivity contribution is 5.83. The van der Waals surface area contributed by atoms with Gasteiger partial charge in [-0.2, -0.15) is 0 Å². The first-order valence-electron chi connectivity index (χ1n) is 8.32. The van der Waals surface area contributed by atoms with E-state index in [4.69, 9.17) is 0 Å². The molecule has 1 saturated carbocycles. The number of hydrogen-bond acceptors (Lipinski definition) is 2. The lowest BCUT2D eigenvalue weighted by atomic mass is 9.72. The molecule has 1 fully saturated rings. The minimum absolute atomic E-state index is 0.0155. The Morgan fingerprint density at radius 1 is 1.00 bits per heavy atom. The van der Waals surface area contributed by atoms with E-state index in [0.717, 1.165) is 6.42 Å². The summed E-state index contributed by atoms with van der Waals surface area (Å²) in [5.74, 6) is 0.351. The summed E-state index contributed by atoms with van der Waals surface area (Å²) < 4.78 is 0. The van der Waals surface area contributed by atoms with Crippen molar-refractivity contribution in [2.75, 3.05) is 6.61 Å². The van der Waals surface area contributed by atoms with Crippen molar-refractivity contribution in [3.63, 3.8) is 0 Å². The summed E-state index contributed by atoms with van der Waals surface area (Å²) in [5, 5.41) is 9.33. The fraction of sp³-hybridized carbons (Fsp3) is 0.381. The number of aliphatic hydroxyl groups is 1. The Balaban J connectivity index is 1.82. The van der Waals surface area contributed by atoms with Crippen molar-refractivity contribution < 1.29 is 9.90 Å². The first-order valence-corrected chi connectivity index (χ1v) is 8.32. The SMILES string of the molecule is CC(C)(c1ccc(-c2ccccc2)cc1)[C@H]1CC(=O)[C@H](CO)C1. The molecule has 3 rings (SSSR count). The van der Waals surface area contributed by atoms with E-state index in [-0.39, 0.29) is 23.7 Å². The number of ketones is 1. The normalized spacial score (nSPS) is 21.6. The Morgan fingerprint density at radius 3 is 2.17 bits per heavy atom. The monoisotopic (exact) mass is 308 g/mol. The van der Waals surface area contributed by atoms with Crippen molar-refractivity contribution >= 4 is 5.78 Å². The molecular weight excluding hydrogens is 284 g/mol. The van der Waals surface area contributed by atoms with Crippen molar-refractivity contribution in [3.8, 4) is 11.1 Å². The van der Waals surface area contributed by atoms with Crippen molar-refractivity contribution in [1.82, 2.24) is 0 Å². The Kier molecular flexibility index (Phi) is 4.36. The van der Waals surface area contributed by atoms with E-state index in [1.54, 1.807) is 0 Å². The van der Waals surface area contributed by atoms with Gasteiger partial charge in [-0.1, -0.05) is 68.4 Å². The van der Waals surface area contributed by atoms with Gasteiger partial charge in [-0.25, -0.2) is 0 Å². The third kappa shape index (κ3) is 3.09. The molecule has 0 amide bonds. The summed E-state index contributed by atoms with van der Waals surface area (Å²) in [7, 11) is 0. The zero-order chi connectivity index (χ0) is 16.4. The standard InChI is InChI=1S/C21H24O2/c1-21(2,19-12-17(14-22)20(23)13-19)18-10-8-16(9-11-18)15-6-4-3-5-7-15/h3-11,17,19,22H,12-14H2,1-2H3/t17-,19+/m0/s1. The average molecular weight is 308 g/mol. The maximum atomic E-state index is 12.0. The Labute approximate surface area is 138 Å². The smallest absolute Gasteiger partial charge is 0.138 e. The minimum Gasteiger partial charge on any atom is -0.396 e. The topological polar surface area (TPSA) is 37.3 Å². The van der Waals surface area contributed by atoms with Crippen LogP contribution in [0, 0.1) is 11.8 Å². The van der Waals surface area contributed by atoms with Gasteiger partial charge in [0.15, 0.2) is 0 Å². The van der Waals surface area contributed by atoms with Crippen LogP contribution in [0.25, 0.3) is 11.1 Å². The van der Waals surface area contributed by atoms with E-state index < -0.39 is 0 Å². The molecule has 1 N–H and O–H groups in total. The second-order valence-corrected chi connectivity index (χ2v) is 7.15. The molecule has 0 radical (unpaired) electrons. The molecule has 2 nitrogen and oxygen atoms in total. The molecule has 120 valence electrons. The van der Waals surface area contributed by atoms with Crippen molar-refractivity contribution in [2.45, 2.75) is 32.1 Å². The highest BCUT2D eigenvalue weighted by atomic mass is 16.3. The van der Waals surface area contributed by atoms with Crippen LogP contribution >= 0.6 is 0 Å². The van der Waals surface area contributed by atoms with Gasteiger partial charge in [-0.3, -0.25) is 4.79 Å². The van der Waals surface area contributed by atoms with Crippen LogP contribution in [0.5, 0.6) is 0 Å². The number of benzene rings is 2. The molecule has 0 bridgehead atoms. The fourth-order valence-corrected chi connectivity index (χ4v) is 3.65. The zero-order valence-corrected chi connectivity index (χ0v) is 13.8. The van der Waals surface area contributed by atoms with Crippen LogP contribution in [0.2, 0.25) is 0 Å². The van der Waals surface area contributed by atoms with Gasteiger partial charge in [0.2, 0.25) is 0 Å². The van der Waals surface area contributed by atoms with Gasteiger partial charge >= 0.3 is 0 Å². The maximum absolute atomic E-state index is 12.0. The second kappa shape index (κ2) is 6.29. The Bertz CT molecular complexity index is 671. The van der Waals surface area contributed by atoms with Crippen LogP contribution in [0.4, 0.5) is 0 Å². The lowest BCUT2D eigenvalue weighted by Gasteiger charge is -2.32. The van der Waals surface area contributed by atoms with E-state index in [1.807, 2.05) is 18.2 Å². The number of Topliss-reactive ketones (excluding diaryl/α,β-unsaturated/α-hetero) is 1. The maximum Gasteiger partial charge on any atom is 0.138 e. The largest absolute Gasteiger partial charge is 0.396 e. The van der Waals surface area contributed by atoms with Crippen molar-refractivity contribution in [3.05, 3.63) is 60.2 Å². The van der Waals surface area contributed by atoms with E-state index in [1.165, 1.54) is 16.7 Å². The highest BCUT2D eigenvalue weighted by Gasteiger charge is 2.41. The molecule has 2 heteroatoms. The lowest BCUT2D eigenvalue weighted by molar-refractivity contribution is -0.121. The number of rotatable bonds is 4. The van der Waals surface area contributed by atoms with Gasteiger partial charge in [-0.15, -0.1) is 0 Å². The van der Waals surface area contributed by atoms with Crippen LogP contribution in [0.3, 0.4) is 0 Å². The zero-order valence-electron chi connectivity index (χ0n) is 13.8. The summed E-state index contributed by atoms with van der Waals surface area (Å²) in [4.78, 5) is 12.0. The molecule has 1 aliphatic carbocycles. The summed E-state index contributed by atoms with van der Waals surface area (Å²) >= 11 is 0. The second-order valence-electron chi connectivity index (χ2n) is 7.15. The number of carbonyl (C=O) groups excluding carboxylic acids is 1. The van der Waals surface area contributed by atoms with Gasteiger partial charge in [0.1, 0.15) is 5.78 Å². The van der Waals surface area contributed by atoms with E-state index >= 15 is 0 Å². The summed E-state index contributed by atoms with van der Waals surface area (Å²) in [6.07, 6.45) is 1.38. The van der Waals surface area contributed by atoms with Gasteiger partial charge in [0.25, 0.3) is 0 Å². The highest BCUT2D eigenvalue weighted by Crippen LogP contribution is 2.43. The molecule has 1 aliphatic rings. The van der Waals surface area contributed by atoms with Crippen LogP contribution in [-0.4, -0.2) is 17.5 Å². The van der Waals surface area contributed by atoms with Gasteiger partial charge in [-0.05, 0) is 34.4 Å². The Hall–Kier alpha value is -1.93. The molecule has 0 aliphatic heterocycles. The molecule has 2 atom stereocenters. The van der Waals surface area contributed by atoms with E-state index in [0.29, 0.717) is 12.3 Å².